The Hall–Kier alpha value is -2.04. The molecule has 1 unspecified atom stereocenters. The molecule has 1 aliphatic rings. The molecule has 1 atom stereocenters. The molecule has 5 nitrogen and oxygen atoms in total. The van der Waals surface area contributed by atoms with Crippen LogP contribution in [0.5, 0.6) is 5.75 Å². The second-order valence-electron chi connectivity index (χ2n) is 4.05. The Balaban J connectivity index is 2.09. The van der Waals surface area contributed by atoms with Gasteiger partial charge in [0.2, 0.25) is 0 Å². The largest absolute Gasteiger partial charge is 0.486 e. The van der Waals surface area contributed by atoms with Crippen molar-refractivity contribution in [3.63, 3.8) is 0 Å². The lowest BCUT2D eigenvalue weighted by Crippen LogP contribution is -2.26. The maximum absolute atomic E-state index is 10.8. The predicted molar refractivity (Wildman–Crippen MR) is 61.4 cm³/mol. The Labute approximate surface area is 98.4 Å². The van der Waals surface area contributed by atoms with Crippen LogP contribution in [0.3, 0.4) is 0 Å². The first-order valence-electron chi connectivity index (χ1n) is 5.31. The smallest absolute Gasteiger partial charge is 0.326 e. The quantitative estimate of drug-likeness (QED) is 0.816. The molecule has 5 heteroatoms. The Kier molecular flexibility index (Phi) is 2.99. The summed E-state index contributed by atoms with van der Waals surface area (Å²) in [6.45, 7) is 1.49. The Morgan fingerprint density at radius 2 is 2.29 bits per heavy atom. The van der Waals surface area contributed by atoms with Crippen molar-refractivity contribution in [1.82, 2.24) is 0 Å². The number of ether oxygens (including phenoxy) is 1. The fourth-order valence-electron chi connectivity index (χ4n) is 1.76. The van der Waals surface area contributed by atoms with Gasteiger partial charge in [-0.05, 0) is 30.7 Å². The van der Waals surface area contributed by atoms with Crippen LogP contribution in [0.2, 0.25) is 0 Å². The SMILES string of the molecule is CC(=O)COc1ccc2c(c1)CC(C(=O)O)N2. The van der Waals surface area contributed by atoms with Gasteiger partial charge in [0.25, 0.3) is 0 Å². The zero-order chi connectivity index (χ0) is 12.4. The number of hydrogen-bond donors (Lipinski definition) is 2. The van der Waals surface area contributed by atoms with Crippen LogP contribution in [0.15, 0.2) is 18.2 Å². The number of fused-ring (bicyclic) bond motifs is 1. The van der Waals surface area contributed by atoms with Crippen molar-refractivity contribution in [3.05, 3.63) is 23.8 Å². The average Bonchev–Trinajstić information content (AvgIpc) is 2.69. The van der Waals surface area contributed by atoms with Crippen molar-refractivity contribution < 1.29 is 19.4 Å². The lowest BCUT2D eigenvalue weighted by molar-refractivity contribution is -0.137. The first-order chi connectivity index (χ1) is 8.06. The molecule has 17 heavy (non-hydrogen) atoms. The van der Waals surface area contributed by atoms with E-state index in [1.807, 2.05) is 0 Å². The molecule has 0 aliphatic carbocycles. The van der Waals surface area contributed by atoms with Crippen LogP contribution in [0.1, 0.15) is 12.5 Å². The number of hydrogen-bond acceptors (Lipinski definition) is 4. The van der Waals surface area contributed by atoms with Gasteiger partial charge in [0, 0.05) is 12.1 Å². The normalized spacial score (nSPS) is 17.1. The molecule has 2 N–H and O–H groups in total. The first kappa shape index (κ1) is 11.4. The van der Waals surface area contributed by atoms with Gasteiger partial charge in [-0.25, -0.2) is 4.79 Å². The topological polar surface area (TPSA) is 75.6 Å². The highest BCUT2D eigenvalue weighted by Crippen LogP contribution is 2.29. The summed E-state index contributed by atoms with van der Waals surface area (Å²) in [4.78, 5) is 21.6. The van der Waals surface area contributed by atoms with E-state index < -0.39 is 12.0 Å². The second kappa shape index (κ2) is 4.45. The van der Waals surface area contributed by atoms with Crippen LogP contribution in [0, 0.1) is 0 Å². The number of Topliss-reactive ketones (excluding diaryl/α,β-unsaturated/α-hetero) is 1. The van der Waals surface area contributed by atoms with E-state index in [1.54, 1.807) is 18.2 Å². The first-order valence-corrected chi connectivity index (χ1v) is 5.31. The van der Waals surface area contributed by atoms with Gasteiger partial charge >= 0.3 is 5.97 Å². The van der Waals surface area contributed by atoms with Crippen LogP contribution in [0.25, 0.3) is 0 Å². The van der Waals surface area contributed by atoms with Crippen LogP contribution < -0.4 is 10.1 Å². The molecule has 2 rings (SSSR count). The number of carbonyl (C=O) groups is 2. The number of anilines is 1. The van der Waals surface area contributed by atoms with Crippen LogP contribution in [-0.4, -0.2) is 29.5 Å². The second-order valence-corrected chi connectivity index (χ2v) is 4.05. The lowest BCUT2D eigenvalue weighted by atomic mass is 10.1. The van der Waals surface area contributed by atoms with Gasteiger partial charge in [0.15, 0.2) is 5.78 Å². The Bertz CT molecular complexity index is 470. The van der Waals surface area contributed by atoms with E-state index in [1.165, 1.54) is 6.92 Å². The van der Waals surface area contributed by atoms with E-state index >= 15 is 0 Å². The monoisotopic (exact) mass is 235 g/mol. The van der Waals surface area contributed by atoms with Crippen LogP contribution >= 0.6 is 0 Å². The maximum Gasteiger partial charge on any atom is 0.326 e. The number of carboxylic acid groups (broad SMARTS) is 1. The molecule has 0 amide bonds. The molecule has 1 heterocycles. The number of nitrogens with one attached hydrogen (secondary N) is 1. The lowest BCUT2D eigenvalue weighted by Gasteiger charge is -2.06. The molecule has 90 valence electrons. The highest BCUT2D eigenvalue weighted by Gasteiger charge is 2.26. The van der Waals surface area contributed by atoms with Gasteiger partial charge < -0.3 is 15.2 Å². The van der Waals surface area contributed by atoms with Gasteiger partial charge in [0.1, 0.15) is 18.4 Å². The molecule has 0 radical (unpaired) electrons. The van der Waals surface area contributed by atoms with E-state index in [0.29, 0.717) is 12.2 Å². The molecule has 0 bridgehead atoms. The summed E-state index contributed by atoms with van der Waals surface area (Å²) in [5, 5.41) is 11.8. The fourth-order valence-corrected chi connectivity index (χ4v) is 1.76. The van der Waals surface area contributed by atoms with Crippen molar-refractivity contribution >= 4 is 17.4 Å². The molecule has 0 saturated carbocycles. The summed E-state index contributed by atoms with van der Waals surface area (Å²) >= 11 is 0. The standard InChI is InChI=1S/C12H13NO4/c1-7(14)6-17-9-2-3-10-8(4-9)5-11(13-10)12(15)16/h2-4,11,13H,5-6H2,1H3,(H,15,16). The molecular formula is C12H13NO4. The van der Waals surface area contributed by atoms with Gasteiger partial charge in [-0.15, -0.1) is 0 Å². The van der Waals surface area contributed by atoms with Crippen molar-refractivity contribution in [2.45, 2.75) is 19.4 Å². The van der Waals surface area contributed by atoms with Gasteiger partial charge in [-0.3, -0.25) is 4.79 Å². The minimum Gasteiger partial charge on any atom is -0.486 e. The van der Waals surface area contributed by atoms with Crippen molar-refractivity contribution in [1.29, 1.82) is 0 Å². The molecule has 0 fully saturated rings. The molecule has 1 aromatic carbocycles. The summed E-state index contributed by atoms with van der Waals surface area (Å²) in [6.07, 6.45) is 0.432. The van der Waals surface area contributed by atoms with E-state index in [4.69, 9.17) is 9.84 Å². The summed E-state index contributed by atoms with van der Waals surface area (Å²) < 4.78 is 5.26. The molecular weight excluding hydrogens is 222 g/mol. The molecule has 1 aliphatic heterocycles. The molecule has 1 aromatic rings. The predicted octanol–water partition coefficient (Wildman–Crippen LogP) is 1.08. The van der Waals surface area contributed by atoms with Gasteiger partial charge in [-0.2, -0.15) is 0 Å². The zero-order valence-corrected chi connectivity index (χ0v) is 9.40. The number of rotatable bonds is 4. The van der Waals surface area contributed by atoms with Crippen LogP contribution in [0.4, 0.5) is 5.69 Å². The zero-order valence-electron chi connectivity index (χ0n) is 9.40. The fraction of sp³-hybridized carbons (Fsp3) is 0.333. The number of carboxylic acids is 1. The summed E-state index contributed by atoms with van der Waals surface area (Å²) in [7, 11) is 0. The number of ketones is 1. The van der Waals surface area contributed by atoms with E-state index in [-0.39, 0.29) is 12.4 Å². The highest BCUT2D eigenvalue weighted by atomic mass is 16.5. The summed E-state index contributed by atoms with van der Waals surface area (Å²) in [6, 6.07) is 4.69. The molecule has 0 saturated heterocycles. The number of benzene rings is 1. The highest BCUT2D eigenvalue weighted by molar-refractivity contribution is 5.81. The minimum absolute atomic E-state index is 0.0363. The van der Waals surface area contributed by atoms with E-state index in [0.717, 1.165) is 11.3 Å². The van der Waals surface area contributed by atoms with Gasteiger partial charge in [-0.1, -0.05) is 0 Å². The maximum atomic E-state index is 10.8. The number of carbonyl (C=O) groups excluding carboxylic acids is 1. The average molecular weight is 235 g/mol. The third kappa shape index (κ3) is 2.55. The molecule has 0 aromatic heterocycles. The van der Waals surface area contributed by atoms with Crippen molar-refractivity contribution in [3.8, 4) is 5.75 Å². The summed E-state index contributed by atoms with van der Waals surface area (Å²) in [5.41, 5.74) is 1.71. The number of aliphatic carboxylic acids is 1. The molecule has 0 spiro atoms. The van der Waals surface area contributed by atoms with E-state index in [9.17, 15) is 9.59 Å². The van der Waals surface area contributed by atoms with Crippen LogP contribution in [-0.2, 0) is 16.0 Å². The van der Waals surface area contributed by atoms with Crippen molar-refractivity contribution in [2.75, 3.05) is 11.9 Å². The van der Waals surface area contributed by atoms with E-state index in [2.05, 4.69) is 5.32 Å². The Morgan fingerprint density at radius 3 is 2.94 bits per heavy atom. The third-order valence-corrected chi connectivity index (χ3v) is 2.57. The Morgan fingerprint density at radius 1 is 1.53 bits per heavy atom. The third-order valence-electron chi connectivity index (χ3n) is 2.57. The summed E-state index contributed by atoms with van der Waals surface area (Å²) in [5.74, 6) is -0.328. The van der Waals surface area contributed by atoms with Crippen molar-refractivity contribution in [2.24, 2.45) is 0 Å². The van der Waals surface area contributed by atoms with Gasteiger partial charge in [0.05, 0.1) is 0 Å². The minimum atomic E-state index is -0.868.